The van der Waals surface area contributed by atoms with E-state index in [0.29, 0.717) is 28.4 Å². The SMILES string of the molecule is COc1ccc(/C=C/C(=O)c2ccccc2OC)cc1CSc1nc(C(F)F)cc(C)c1C#N. The molecule has 0 radical (unpaired) electrons. The van der Waals surface area contributed by atoms with Crippen molar-refractivity contribution in [1.82, 2.24) is 4.98 Å². The van der Waals surface area contributed by atoms with Gasteiger partial charge in [-0.1, -0.05) is 24.3 Å². The van der Waals surface area contributed by atoms with Crippen LogP contribution in [-0.2, 0) is 5.75 Å². The van der Waals surface area contributed by atoms with E-state index in [1.807, 2.05) is 12.1 Å². The zero-order valence-corrected chi connectivity index (χ0v) is 19.7. The molecule has 0 saturated heterocycles. The van der Waals surface area contributed by atoms with Crippen LogP contribution in [0.3, 0.4) is 0 Å². The number of methoxy groups -OCH3 is 2. The molecule has 3 rings (SSSR count). The monoisotopic (exact) mass is 480 g/mol. The van der Waals surface area contributed by atoms with Crippen molar-refractivity contribution in [2.75, 3.05) is 14.2 Å². The van der Waals surface area contributed by atoms with Crippen molar-refractivity contribution in [2.45, 2.75) is 24.1 Å². The van der Waals surface area contributed by atoms with Gasteiger partial charge in [-0.2, -0.15) is 5.26 Å². The number of nitrogens with zero attached hydrogens (tertiary/aromatic N) is 2. The van der Waals surface area contributed by atoms with Gasteiger partial charge >= 0.3 is 0 Å². The summed E-state index contributed by atoms with van der Waals surface area (Å²) in [7, 11) is 3.04. The van der Waals surface area contributed by atoms with E-state index in [1.54, 1.807) is 49.4 Å². The fourth-order valence-corrected chi connectivity index (χ4v) is 4.33. The van der Waals surface area contributed by atoms with Crippen molar-refractivity contribution < 1.29 is 23.0 Å². The number of ether oxygens (including phenoxy) is 2. The summed E-state index contributed by atoms with van der Waals surface area (Å²) in [5.74, 6) is 1.22. The summed E-state index contributed by atoms with van der Waals surface area (Å²) >= 11 is 1.18. The first kappa shape index (κ1) is 24.9. The van der Waals surface area contributed by atoms with Gasteiger partial charge in [-0.15, -0.1) is 11.8 Å². The number of halogens is 2. The van der Waals surface area contributed by atoms with Gasteiger partial charge in [-0.25, -0.2) is 13.8 Å². The van der Waals surface area contributed by atoms with Gasteiger partial charge in [0.25, 0.3) is 6.43 Å². The van der Waals surface area contributed by atoms with Crippen molar-refractivity contribution >= 4 is 23.6 Å². The topological polar surface area (TPSA) is 72.2 Å². The van der Waals surface area contributed by atoms with E-state index in [0.717, 1.165) is 11.1 Å². The summed E-state index contributed by atoms with van der Waals surface area (Å²) in [5.41, 5.74) is 2.34. The maximum absolute atomic E-state index is 13.2. The number of allylic oxidation sites excluding steroid dienone is 1. The molecule has 34 heavy (non-hydrogen) atoms. The van der Waals surface area contributed by atoms with Gasteiger partial charge < -0.3 is 9.47 Å². The number of para-hydroxylation sites is 1. The minimum atomic E-state index is -2.73. The highest BCUT2D eigenvalue weighted by atomic mass is 32.2. The van der Waals surface area contributed by atoms with E-state index in [-0.39, 0.29) is 22.1 Å². The van der Waals surface area contributed by atoms with Crippen LogP contribution in [0.2, 0.25) is 0 Å². The van der Waals surface area contributed by atoms with E-state index >= 15 is 0 Å². The van der Waals surface area contributed by atoms with Crippen LogP contribution in [-0.4, -0.2) is 25.0 Å². The lowest BCUT2D eigenvalue weighted by atomic mass is 10.1. The van der Waals surface area contributed by atoms with Crippen LogP contribution in [0.5, 0.6) is 11.5 Å². The molecule has 0 unspecified atom stereocenters. The Balaban J connectivity index is 1.85. The number of pyridine rings is 1. The Morgan fingerprint density at radius 1 is 1.15 bits per heavy atom. The van der Waals surface area contributed by atoms with Gasteiger partial charge in [-0.3, -0.25) is 4.79 Å². The predicted molar refractivity (Wildman–Crippen MR) is 128 cm³/mol. The molecule has 0 bridgehead atoms. The first-order chi connectivity index (χ1) is 16.4. The highest BCUT2D eigenvalue weighted by molar-refractivity contribution is 7.98. The van der Waals surface area contributed by atoms with Crippen LogP contribution in [0.1, 0.15) is 44.7 Å². The van der Waals surface area contributed by atoms with E-state index in [1.165, 1.54) is 38.1 Å². The molecule has 5 nitrogen and oxygen atoms in total. The standard InChI is InChI=1S/C26H22F2N2O3S/c1-16-12-21(25(27)28)30-26(20(16)14-29)34-15-18-13-17(9-11-23(18)32-2)8-10-22(31)19-6-4-5-7-24(19)33-3/h4-13,25H,15H2,1-3H3/b10-8+. The molecule has 1 aromatic heterocycles. The first-order valence-corrected chi connectivity index (χ1v) is 11.2. The van der Waals surface area contributed by atoms with E-state index in [4.69, 9.17) is 9.47 Å². The van der Waals surface area contributed by atoms with E-state index in [9.17, 15) is 18.8 Å². The molecule has 0 amide bonds. The molecular formula is C26H22F2N2O3S. The number of ketones is 1. The summed E-state index contributed by atoms with van der Waals surface area (Å²) in [5, 5.41) is 9.70. The smallest absolute Gasteiger partial charge is 0.280 e. The Bertz CT molecular complexity index is 1270. The van der Waals surface area contributed by atoms with Crippen LogP contribution >= 0.6 is 11.8 Å². The third-order valence-corrected chi connectivity index (χ3v) is 6.03. The molecule has 0 atom stereocenters. The molecule has 174 valence electrons. The number of benzene rings is 2. The van der Waals surface area contributed by atoms with Crippen LogP contribution in [0.15, 0.2) is 59.6 Å². The minimum absolute atomic E-state index is 0.202. The van der Waals surface area contributed by atoms with Crippen LogP contribution < -0.4 is 9.47 Å². The normalized spacial score (nSPS) is 11.0. The third-order valence-electron chi connectivity index (χ3n) is 5.01. The highest BCUT2D eigenvalue weighted by Gasteiger charge is 2.17. The van der Waals surface area contributed by atoms with Gasteiger partial charge in [0.05, 0.1) is 25.3 Å². The van der Waals surface area contributed by atoms with Crippen molar-refractivity contribution in [1.29, 1.82) is 5.26 Å². The molecule has 0 aliphatic heterocycles. The molecule has 0 spiro atoms. The second kappa shape index (κ2) is 11.4. The molecule has 3 aromatic rings. The Morgan fingerprint density at radius 2 is 1.88 bits per heavy atom. The first-order valence-electron chi connectivity index (χ1n) is 10.2. The Labute approximate surface area is 201 Å². The molecule has 0 aliphatic rings. The van der Waals surface area contributed by atoms with Crippen molar-refractivity contribution in [3.8, 4) is 17.6 Å². The minimum Gasteiger partial charge on any atom is -0.496 e. The van der Waals surface area contributed by atoms with Gasteiger partial charge in [0.15, 0.2) is 5.78 Å². The van der Waals surface area contributed by atoms with Crippen LogP contribution in [0.4, 0.5) is 8.78 Å². The lowest BCUT2D eigenvalue weighted by molar-refractivity contribution is 0.104. The summed E-state index contributed by atoms with van der Waals surface area (Å²) in [6.07, 6.45) is 0.416. The second-order valence-electron chi connectivity index (χ2n) is 7.21. The van der Waals surface area contributed by atoms with Crippen LogP contribution in [0, 0.1) is 18.3 Å². The molecule has 8 heteroatoms. The molecule has 0 fully saturated rings. The number of rotatable bonds is 9. The quantitative estimate of drug-likeness (QED) is 0.200. The van der Waals surface area contributed by atoms with Gasteiger partial charge in [0, 0.05) is 11.3 Å². The van der Waals surface area contributed by atoms with Gasteiger partial charge in [-0.05, 0) is 54.5 Å². The lowest BCUT2D eigenvalue weighted by Gasteiger charge is -2.12. The number of carbonyl (C=O) groups is 1. The highest BCUT2D eigenvalue weighted by Crippen LogP contribution is 2.32. The number of carbonyl (C=O) groups excluding carboxylic acids is 1. The summed E-state index contributed by atoms with van der Waals surface area (Å²) in [6.45, 7) is 1.61. The molecule has 2 aromatic carbocycles. The summed E-state index contributed by atoms with van der Waals surface area (Å²) < 4.78 is 37.1. The Kier molecular flexibility index (Phi) is 8.39. The average molecular weight is 481 g/mol. The summed E-state index contributed by atoms with van der Waals surface area (Å²) in [4.78, 5) is 16.6. The largest absolute Gasteiger partial charge is 0.496 e. The predicted octanol–water partition coefficient (Wildman–Crippen LogP) is 6.40. The molecule has 0 N–H and O–H groups in total. The number of alkyl halides is 2. The number of aryl methyl sites for hydroxylation is 1. The number of thioether (sulfide) groups is 1. The number of hydrogen-bond acceptors (Lipinski definition) is 6. The lowest BCUT2D eigenvalue weighted by Crippen LogP contribution is -1.99. The van der Waals surface area contributed by atoms with E-state index in [2.05, 4.69) is 4.98 Å². The fourth-order valence-electron chi connectivity index (χ4n) is 3.29. The maximum atomic E-state index is 13.2. The van der Waals surface area contributed by atoms with Crippen molar-refractivity contribution in [3.05, 3.63) is 88.1 Å². The average Bonchev–Trinajstić information content (AvgIpc) is 2.85. The van der Waals surface area contributed by atoms with Crippen LogP contribution in [0.25, 0.3) is 6.08 Å². The van der Waals surface area contributed by atoms with Gasteiger partial charge in [0.1, 0.15) is 28.3 Å². The van der Waals surface area contributed by atoms with Crippen molar-refractivity contribution in [3.63, 3.8) is 0 Å². The third kappa shape index (κ3) is 5.80. The molecular weight excluding hydrogens is 458 g/mol. The number of nitriles is 1. The molecule has 1 heterocycles. The van der Waals surface area contributed by atoms with Gasteiger partial charge in [0.2, 0.25) is 0 Å². The molecule has 0 saturated carbocycles. The Morgan fingerprint density at radius 3 is 2.56 bits per heavy atom. The van der Waals surface area contributed by atoms with Crippen molar-refractivity contribution in [2.24, 2.45) is 0 Å². The Hall–Kier alpha value is -3.70. The van der Waals surface area contributed by atoms with E-state index < -0.39 is 6.43 Å². The fraction of sp³-hybridized carbons (Fsp3) is 0.192. The summed E-state index contributed by atoms with van der Waals surface area (Å²) in [6, 6.07) is 15.7. The zero-order valence-electron chi connectivity index (χ0n) is 18.8. The molecule has 0 aliphatic carbocycles. The second-order valence-corrected chi connectivity index (χ2v) is 8.18. The number of hydrogen-bond donors (Lipinski definition) is 0. The zero-order chi connectivity index (χ0) is 24.7. The number of aromatic nitrogens is 1. The maximum Gasteiger partial charge on any atom is 0.280 e.